The van der Waals surface area contributed by atoms with Gasteiger partial charge in [0.05, 0.1) is 23.2 Å². The summed E-state index contributed by atoms with van der Waals surface area (Å²) < 4.78 is 30.1. The second kappa shape index (κ2) is 8.88. The first-order chi connectivity index (χ1) is 15.2. The first-order valence-corrected chi connectivity index (χ1v) is 12.3. The number of hydrogen-bond acceptors (Lipinski definition) is 6. The Bertz CT molecular complexity index is 1340. The van der Waals surface area contributed by atoms with Crippen LogP contribution in [0.4, 0.5) is 0 Å². The van der Waals surface area contributed by atoms with Crippen LogP contribution in [0.2, 0.25) is 5.15 Å². The summed E-state index contributed by atoms with van der Waals surface area (Å²) in [6.07, 6.45) is 3.10. The molecular formula is C23H21ClN2O5S. The van der Waals surface area contributed by atoms with Gasteiger partial charge >= 0.3 is 5.97 Å². The van der Waals surface area contributed by atoms with Gasteiger partial charge in [-0.1, -0.05) is 48.0 Å². The molecule has 1 aromatic heterocycles. The van der Waals surface area contributed by atoms with Gasteiger partial charge in [-0.2, -0.15) is 5.10 Å². The number of nitrogens with zero attached hydrogens (tertiary/aromatic N) is 2. The van der Waals surface area contributed by atoms with E-state index in [1.165, 1.54) is 16.8 Å². The fourth-order valence-electron chi connectivity index (χ4n) is 3.71. The number of aromatic nitrogens is 2. The molecule has 1 fully saturated rings. The predicted octanol–water partition coefficient (Wildman–Crippen LogP) is 3.80. The number of halogens is 1. The number of carbonyl (C=O) groups is 2. The summed E-state index contributed by atoms with van der Waals surface area (Å²) in [5, 5.41) is 6.55. The summed E-state index contributed by atoms with van der Waals surface area (Å²) in [5.41, 5.74) is 1.54. The number of benzene rings is 2. The number of fused-ring (bicyclic) bond motifs is 1. The number of esters is 1. The number of Topliss-reactive ketones (excluding diaryl/α,β-unsaturated/α-hetero) is 1. The van der Waals surface area contributed by atoms with Gasteiger partial charge in [0.15, 0.2) is 22.2 Å². The Balaban J connectivity index is 1.39. The second-order valence-electron chi connectivity index (χ2n) is 7.72. The minimum Gasteiger partial charge on any atom is -0.454 e. The van der Waals surface area contributed by atoms with E-state index in [9.17, 15) is 18.0 Å². The molecule has 32 heavy (non-hydrogen) atoms. The zero-order valence-electron chi connectivity index (χ0n) is 17.3. The first-order valence-electron chi connectivity index (χ1n) is 10.1. The molecule has 9 heteroatoms. The van der Waals surface area contributed by atoms with E-state index < -0.39 is 15.8 Å². The van der Waals surface area contributed by atoms with E-state index in [0.29, 0.717) is 23.2 Å². The molecule has 2 heterocycles. The number of ether oxygens (including phenoxy) is 1. The lowest BCUT2D eigenvalue weighted by Gasteiger charge is -2.09. The lowest BCUT2D eigenvalue weighted by Crippen LogP contribution is -2.12. The quantitative estimate of drug-likeness (QED) is 0.307. The average Bonchev–Trinajstić information content (AvgIpc) is 3.27. The van der Waals surface area contributed by atoms with Gasteiger partial charge in [0.1, 0.15) is 5.15 Å². The number of ketones is 1. The molecule has 4 rings (SSSR count). The van der Waals surface area contributed by atoms with E-state index in [0.717, 1.165) is 10.8 Å². The standard InChI is InChI=1S/C23H21ClN2O5S/c1-15-20(23(24)26(25-15)19-10-11-32(29,30)14-19)8-9-22(28)31-13-21(27)18-7-6-16-4-2-3-5-17(16)12-18/h2-9,12,19H,10-11,13-14H2,1H3/b9-8+/t19-/m1/s1. The Morgan fingerprint density at radius 1 is 1.22 bits per heavy atom. The predicted molar refractivity (Wildman–Crippen MR) is 123 cm³/mol. The zero-order valence-corrected chi connectivity index (χ0v) is 18.9. The second-order valence-corrected chi connectivity index (χ2v) is 10.3. The van der Waals surface area contributed by atoms with Crippen molar-refractivity contribution in [1.82, 2.24) is 9.78 Å². The van der Waals surface area contributed by atoms with Gasteiger partial charge in [0.2, 0.25) is 0 Å². The molecule has 0 unspecified atom stereocenters. The van der Waals surface area contributed by atoms with Crippen molar-refractivity contribution in [2.24, 2.45) is 0 Å². The minimum atomic E-state index is -3.08. The molecule has 0 amide bonds. The smallest absolute Gasteiger partial charge is 0.331 e. The van der Waals surface area contributed by atoms with Crippen LogP contribution in [0.15, 0.2) is 48.5 Å². The topological polar surface area (TPSA) is 95.3 Å². The minimum absolute atomic E-state index is 0.00405. The molecule has 7 nitrogen and oxygen atoms in total. The van der Waals surface area contributed by atoms with Crippen LogP contribution in [0, 0.1) is 6.92 Å². The van der Waals surface area contributed by atoms with Crippen molar-refractivity contribution in [1.29, 1.82) is 0 Å². The largest absolute Gasteiger partial charge is 0.454 e. The number of hydrogen-bond donors (Lipinski definition) is 0. The molecule has 0 saturated carbocycles. The molecule has 166 valence electrons. The zero-order chi connectivity index (χ0) is 22.9. The van der Waals surface area contributed by atoms with Crippen molar-refractivity contribution in [2.45, 2.75) is 19.4 Å². The third kappa shape index (κ3) is 4.76. The van der Waals surface area contributed by atoms with Crippen LogP contribution >= 0.6 is 11.6 Å². The summed E-state index contributed by atoms with van der Waals surface area (Å²) in [4.78, 5) is 24.5. The molecule has 1 atom stereocenters. The van der Waals surface area contributed by atoms with Crippen LogP contribution in [0.5, 0.6) is 0 Å². The van der Waals surface area contributed by atoms with E-state index in [1.807, 2.05) is 30.3 Å². The number of sulfone groups is 1. The van der Waals surface area contributed by atoms with Crippen LogP contribution < -0.4 is 0 Å². The van der Waals surface area contributed by atoms with Gasteiger partial charge in [0, 0.05) is 17.2 Å². The Morgan fingerprint density at radius 2 is 1.97 bits per heavy atom. The molecule has 0 aliphatic carbocycles. The maximum Gasteiger partial charge on any atom is 0.331 e. The first kappa shape index (κ1) is 22.2. The highest BCUT2D eigenvalue weighted by atomic mass is 35.5. The van der Waals surface area contributed by atoms with Gasteiger partial charge in [-0.3, -0.25) is 4.79 Å². The summed E-state index contributed by atoms with van der Waals surface area (Å²) >= 11 is 6.39. The Morgan fingerprint density at radius 3 is 2.69 bits per heavy atom. The third-order valence-corrected chi connectivity index (χ3v) is 7.56. The molecule has 0 radical (unpaired) electrons. The van der Waals surface area contributed by atoms with Crippen LogP contribution in [0.3, 0.4) is 0 Å². The van der Waals surface area contributed by atoms with Crippen molar-refractivity contribution in [3.05, 3.63) is 70.5 Å². The number of carbonyl (C=O) groups excluding carboxylic acids is 2. The van der Waals surface area contributed by atoms with Gasteiger partial charge in [-0.05, 0) is 36.3 Å². The maximum absolute atomic E-state index is 12.4. The maximum atomic E-state index is 12.4. The number of rotatable bonds is 6. The molecule has 1 aliphatic rings. The van der Waals surface area contributed by atoms with Gasteiger partial charge in [-0.25, -0.2) is 17.9 Å². The monoisotopic (exact) mass is 472 g/mol. The van der Waals surface area contributed by atoms with E-state index in [4.69, 9.17) is 16.3 Å². The highest BCUT2D eigenvalue weighted by molar-refractivity contribution is 7.91. The van der Waals surface area contributed by atoms with E-state index in [2.05, 4.69) is 5.10 Å². The van der Waals surface area contributed by atoms with E-state index in [1.54, 1.807) is 19.1 Å². The van der Waals surface area contributed by atoms with Crippen molar-refractivity contribution >= 4 is 50.0 Å². The molecule has 0 spiro atoms. The third-order valence-electron chi connectivity index (χ3n) is 5.43. The van der Waals surface area contributed by atoms with Crippen LogP contribution in [0.1, 0.15) is 34.1 Å². The molecule has 1 aliphatic heterocycles. The van der Waals surface area contributed by atoms with E-state index in [-0.39, 0.29) is 35.1 Å². The molecule has 1 saturated heterocycles. The normalized spacial score (nSPS) is 17.8. The average molecular weight is 473 g/mol. The van der Waals surface area contributed by atoms with Crippen LogP contribution in [0.25, 0.3) is 16.8 Å². The lowest BCUT2D eigenvalue weighted by molar-refractivity contribution is -0.136. The molecule has 2 aromatic carbocycles. The van der Waals surface area contributed by atoms with Crippen LogP contribution in [-0.4, -0.2) is 48.1 Å². The summed E-state index contributed by atoms with van der Waals surface area (Å²) in [7, 11) is -3.08. The van der Waals surface area contributed by atoms with Gasteiger partial charge in [-0.15, -0.1) is 0 Å². The molecule has 0 bridgehead atoms. The lowest BCUT2D eigenvalue weighted by atomic mass is 10.0. The van der Waals surface area contributed by atoms with Crippen molar-refractivity contribution in [3.8, 4) is 0 Å². The van der Waals surface area contributed by atoms with Gasteiger partial charge in [0.25, 0.3) is 0 Å². The molecule has 3 aromatic rings. The Kier molecular flexibility index (Phi) is 6.17. The van der Waals surface area contributed by atoms with Crippen molar-refractivity contribution < 1.29 is 22.7 Å². The summed E-state index contributed by atoms with van der Waals surface area (Å²) in [6.45, 7) is 1.34. The highest BCUT2D eigenvalue weighted by Gasteiger charge is 2.31. The highest BCUT2D eigenvalue weighted by Crippen LogP contribution is 2.30. The summed E-state index contributed by atoms with van der Waals surface area (Å²) in [5.74, 6) is -0.890. The number of aryl methyl sites for hydroxylation is 1. The fraction of sp³-hybridized carbons (Fsp3) is 0.261. The van der Waals surface area contributed by atoms with Crippen molar-refractivity contribution in [2.75, 3.05) is 18.1 Å². The summed E-state index contributed by atoms with van der Waals surface area (Å²) in [6, 6.07) is 12.7. The molecular weight excluding hydrogens is 452 g/mol. The SMILES string of the molecule is Cc1nn([C@@H]2CCS(=O)(=O)C2)c(Cl)c1/C=C/C(=O)OCC(=O)c1ccc2ccccc2c1. The molecule has 0 N–H and O–H groups in total. The fourth-order valence-corrected chi connectivity index (χ4v) is 5.78. The van der Waals surface area contributed by atoms with Gasteiger partial charge < -0.3 is 4.74 Å². The Hall–Kier alpha value is -2.97. The van der Waals surface area contributed by atoms with Crippen LogP contribution in [-0.2, 0) is 19.4 Å². The van der Waals surface area contributed by atoms with E-state index >= 15 is 0 Å². The Labute approximate surface area is 190 Å². The van der Waals surface area contributed by atoms with Crippen molar-refractivity contribution in [3.63, 3.8) is 0 Å².